The number of carbonyl (C=O) groups is 9. The topological polar surface area (TPSA) is 453 Å². The maximum absolute atomic E-state index is 13.6. The SMILES string of the molecule is C[C@@H]1O[C@H](OC[C@H](NC(=O)[C@H](Cc2ccccc2)NC(=O)[C@H](CC(=O)O)NC(=O)CNC(=O)[C@H](CCCN=C(N)N)NC(=O)[C@@H]2CCCN2C(=O)[C@@H](N)CC(N)=O)C(=O)O)[C@H](O)[C@H](O)[C@H]1O. The molecule has 3 rings (SSSR count). The molecule has 27 heteroatoms. The number of aliphatic hydroxyl groups excluding tert-OH is 3. The molecule has 66 heavy (non-hydrogen) atoms. The number of carboxylic acids is 2. The number of nitrogens with one attached hydrogen (secondary N) is 5. The highest BCUT2D eigenvalue weighted by molar-refractivity contribution is 5.97. The number of rotatable bonds is 25. The first-order valence-corrected chi connectivity index (χ1v) is 20.8. The van der Waals surface area contributed by atoms with Crippen molar-refractivity contribution in [2.45, 2.75) is 119 Å². The molecule has 2 fully saturated rings. The van der Waals surface area contributed by atoms with Crippen LogP contribution in [-0.2, 0) is 59.0 Å². The monoisotopic (exact) mass is 937 g/mol. The fourth-order valence-corrected chi connectivity index (χ4v) is 6.90. The predicted molar refractivity (Wildman–Crippen MR) is 226 cm³/mol. The number of nitrogens with two attached hydrogens (primary N) is 4. The second kappa shape index (κ2) is 25.8. The summed E-state index contributed by atoms with van der Waals surface area (Å²) in [6.07, 6.45) is -8.71. The van der Waals surface area contributed by atoms with Crippen LogP contribution in [0.25, 0.3) is 0 Å². The number of guanidine groups is 1. The first-order chi connectivity index (χ1) is 31.1. The van der Waals surface area contributed by atoms with Crippen molar-refractivity contribution >= 4 is 59.2 Å². The van der Waals surface area contributed by atoms with Crippen LogP contribution in [0.1, 0.15) is 51.0 Å². The zero-order chi connectivity index (χ0) is 49.2. The average Bonchev–Trinajstić information content (AvgIpc) is 3.75. The second-order valence-electron chi connectivity index (χ2n) is 15.6. The molecule has 18 N–H and O–H groups in total. The lowest BCUT2D eigenvalue weighted by molar-refractivity contribution is -0.294. The zero-order valence-corrected chi connectivity index (χ0v) is 35.9. The molecular weight excluding hydrogens is 878 g/mol. The van der Waals surface area contributed by atoms with Gasteiger partial charge in [-0.2, -0.15) is 0 Å². The smallest absolute Gasteiger partial charge is 0.328 e. The summed E-state index contributed by atoms with van der Waals surface area (Å²) < 4.78 is 10.6. The highest BCUT2D eigenvalue weighted by Gasteiger charge is 2.43. The van der Waals surface area contributed by atoms with Crippen LogP contribution in [0.5, 0.6) is 0 Å². The summed E-state index contributed by atoms with van der Waals surface area (Å²) in [6, 6.07) is -0.991. The fourth-order valence-electron chi connectivity index (χ4n) is 6.90. The number of ether oxygens (including phenoxy) is 2. The molecule has 0 saturated carbocycles. The minimum Gasteiger partial charge on any atom is -0.481 e. The molecule has 2 heterocycles. The van der Waals surface area contributed by atoms with Crippen LogP contribution in [0.15, 0.2) is 35.3 Å². The molecule has 0 aliphatic carbocycles. The summed E-state index contributed by atoms with van der Waals surface area (Å²) in [7, 11) is 0. The number of primary amides is 1. The lowest BCUT2D eigenvalue weighted by Gasteiger charge is -2.39. The number of hydrogen-bond acceptors (Lipinski definition) is 16. The quantitative estimate of drug-likeness (QED) is 0.0246. The van der Waals surface area contributed by atoms with E-state index < -0.39 is 146 Å². The van der Waals surface area contributed by atoms with E-state index in [1.165, 1.54) is 11.8 Å². The van der Waals surface area contributed by atoms with Crippen LogP contribution < -0.4 is 49.5 Å². The van der Waals surface area contributed by atoms with Crippen molar-refractivity contribution in [2.24, 2.45) is 27.9 Å². The highest BCUT2D eigenvalue weighted by Crippen LogP contribution is 2.22. The standard InChI is InChI=1S/C39H59N11O16/c1-18-29(55)30(56)31(57)38(66-18)65-17-24(37(63)64)49-33(59)22(13-19-7-3-2-4-8-19)48-34(60)23(15-28(53)54)46-27(52)16-45-32(58)21(9-5-11-44-39(42)43)47-35(61)25-10-6-12-50(25)36(62)20(40)14-26(41)51/h2-4,7-8,18,20-25,29-31,38,55-57H,5-6,9-17,40H2,1H3,(H2,41,51)(H,45,58)(H,46,52)(H,47,61)(H,48,60)(H,49,59)(H,53,54)(H,63,64)(H4,42,43,44)/t18-,20-,21-,22-,23-,24-,25-,29-,30+,31+,38-/m0/s1. The van der Waals surface area contributed by atoms with Gasteiger partial charge >= 0.3 is 11.9 Å². The van der Waals surface area contributed by atoms with Gasteiger partial charge in [0.05, 0.1) is 38.1 Å². The van der Waals surface area contributed by atoms with Crippen molar-refractivity contribution in [3.8, 4) is 0 Å². The molecule has 0 radical (unpaired) electrons. The number of carbonyl (C=O) groups excluding carboxylic acids is 7. The fraction of sp³-hybridized carbons (Fsp3) is 0.590. The molecular formula is C39H59N11O16. The summed E-state index contributed by atoms with van der Waals surface area (Å²) >= 11 is 0. The van der Waals surface area contributed by atoms with Crippen LogP contribution in [0.3, 0.4) is 0 Å². The number of aliphatic hydroxyl groups is 3. The number of aliphatic carboxylic acids is 2. The molecule has 0 aromatic heterocycles. The predicted octanol–water partition coefficient (Wildman–Crippen LogP) is -7.06. The third-order valence-electron chi connectivity index (χ3n) is 10.4. The molecule has 2 aliphatic heterocycles. The largest absolute Gasteiger partial charge is 0.481 e. The van der Waals surface area contributed by atoms with Gasteiger partial charge in [0.25, 0.3) is 0 Å². The van der Waals surface area contributed by atoms with E-state index in [0.717, 1.165) is 0 Å². The first kappa shape index (κ1) is 53.8. The Morgan fingerprint density at radius 1 is 0.833 bits per heavy atom. The number of hydrogen-bond donors (Lipinski definition) is 14. The van der Waals surface area contributed by atoms with Crippen molar-refractivity contribution in [2.75, 3.05) is 26.2 Å². The Hall–Kier alpha value is -6.52. The number of nitrogens with zero attached hydrogens (tertiary/aromatic N) is 2. The van der Waals surface area contributed by atoms with Crippen molar-refractivity contribution in [3.63, 3.8) is 0 Å². The molecule has 366 valence electrons. The average molecular weight is 938 g/mol. The number of carboxylic acid groups (broad SMARTS) is 2. The van der Waals surface area contributed by atoms with Crippen molar-refractivity contribution in [1.29, 1.82) is 0 Å². The van der Waals surface area contributed by atoms with Crippen molar-refractivity contribution < 1.29 is 78.2 Å². The van der Waals surface area contributed by atoms with E-state index in [4.69, 9.17) is 32.4 Å². The Bertz CT molecular complexity index is 1920. The zero-order valence-electron chi connectivity index (χ0n) is 35.9. The maximum atomic E-state index is 13.6. The van der Waals surface area contributed by atoms with Gasteiger partial charge in [0.1, 0.15) is 42.5 Å². The van der Waals surface area contributed by atoms with Gasteiger partial charge in [0.2, 0.25) is 41.4 Å². The van der Waals surface area contributed by atoms with E-state index in [1.54, 1.807) is 30.3 Å². The Morgan fingerprint density at radius 2 is 1.48 bits per heavy atom. The lowest BCUT2D eigenvalue weighted by atomic mass is 10.00. The van der Waals surface area contributed by atoms with E-state index in [0.29, 0.717) is 12.0 Å². The molecule has 0 unspecified atom stereocenters. The molecule has 1 aromatic carbocycles. The van der Waals surface area contributed by atoms with Crippen molar-refractivity contribution in [3.05, 3.63) is 35.9 Å². The minimum absolute atomic E-state index is 0.0359. The summed E-state index contributed by atoms with van der Waals surface area (Å²) in [4.78, 5) is 121. The van der Waals surface area contributed by atoms with Gasteiger partial charge in [-0.05, 0) is 38.2 Å². The van der Waals surface area contributed by atoms with E-state index in [-0.39, 0.29) is 44.7 Å². The summed E-state index contributed by atoms with van der Waals surface area (Å²) in [5.41, 5.74) is 22.2. The third kappa shape index (κ3) is 16.8. The Morgan fingerprint density at radius 3 is 2.11 bits per heavy atom. The van der Waals surface area contributed by atoms with Gasteiger partial charge in [0, 0.05) is 19.5 Å². The van der Waals surface area contributed by atoms with E-state index in [1.807, 2.05) is 0 Å². The van der Waals surface area contributed by atoms with Crippen LogP contribution in [0.2, 0.25) is 0 Å². The van der Waals surface area contributed by atoms with Gasteiger partial charge < -0.3 is 89.4 Å². The maximum Gasteiger partial charge on any atom is 0.328 e. The van der Waals surface area contributed by atoms with Gasteiger partial charge in [-0.15, -0.1) is 0 Å². The second-order valence-corrected chi connectivity index (χ2v) is 15.6. The molecule has 11 atom stereocenters. The Labute approximate surface area is 377 Å². The summed E-state index contributed by atoms with van der Waals surface area (Å²) in [5.74, 6) is -10.0. The summed E-state index contributed by atoms with van der Waals surface area (Å²) in [5, 5.41) is 61.4. The Kier molecular flexibility index (Phi) is 21.1. The van der Waals surface area contributed by atoms with Gasteiger partial charge in [-0.3, -0.25) is 43.3 Å². The molecule has 2 aliphatic rings. The normalized spacial score (nSPS) is 22.5. The minimum atomic E-state index is -1.87. The number of amides is 7. The van der Waals surface area contributed by atoms with E-state index in [2.05, 4.69) is 31.6 Å². The molecule has 27 nitrogen and oxygen atoms in total. The number of aliphatic imine (C=N–C) groups is 1. The van der Waals surface area contributed by atoms with E-state index >= 15 is 0 Å². The first-order valence-electron chi connectivity index (χ1n) is 20.8. The molecule has 7 amide bonds. The van der Waals surface area contributed by atoms with Gasteiger partial charge in [-0.1, -0.05) is 30.3 Å². The lowest BCUT2D eigenvalue weighted by Crippen LogP contribution is -2.59. The molecule has 2 saturated heterocycles. The van der Waals surface area contributed by atoms with Crippen LogP contribution in [-0.4, -0.2) is 183 Å². The van der Waals surface area contributed by atoms with Crippen LogP contribution in [0, 0.1) is 0 Å². The molecule has 0 bridgehead atoms. The van der Waals surface area contributed by atoms with Gasteiger partial charge in [-0.25, -0.2) is 4.79 Å². The van der Waals surface area contributed by atoms with Crippen LogP contribution in [0.4, 0.5) is 0 Å². The van der Waals surface area contributed by atoms with Gasteiger partial charge in [0.15, 0.2) is 18.3 Å². The molecule has 0 spiro atoms. The third-order valence-corrected chi connectivity index (χ3v) is 10.4. The molecule has 1 aromatic rings. The Balaban J connectivity index is 1.73. The van der Waals surface area contributed by atoms with Crippen molar-refractivity contribution in [1.82, 2.24) is 31.5 Å². The van der Waals surface area contributed by atoms with Crippen LogP contribution >= 0.6 is 0 Å². The number of benzene rings is 1. The number of likely N-dealkylation sites (tertiary alicyclic amines) is 1. The highest BCUT2D eigenvalue weighted by atomic mass is 16.7. The van der Waals surface area contributed by atoms with E-state index in [9.17, 15) is 68.7 Å². The summed E-state index contributed by atoms with van der Waals surface area (Å²) in [6.45, 7) is -0.160.